The van der Waals surface area contributed by atoms with Crippen LogP contribution in [-0.4, -0.2) is 30.9 Å². The van der Waals surface area contributed by atoms with E-state index in [1.54, 1.807) is 18.5 Å². The summed E-state index contributed by atoms with van der Waals surface area (Å²) in [7, 11) is 0. The highest BCUT2D eigenvalue weighted by Gasteiger charge is 2.27. The fourth-order valence-electron chi connectivity index (χ4n) is 1.12. The third kappa shape index (κ3) is 4.97. The maximum Gasteiger partial charge on any atom is 0.411 e. The molecule has 1 heterocycles. The van der Waals surface area contributed by atoms with Crippen LogP contribution in [0.2, 0.25) is 0 Å². The van der Waals surface area contributed by atoms with Crippen molar-refractivity contribution < 1.29 is 17.9 Å². The Bertz CT molecular complexity index is 328. The minimum atomic E-state index is -4.26. The van der Waals surface area contributed by atoms with E-state index in [1.165, 1.54) is 0 Å². The number of halogens is 3. The molecule has 1 N–H and O–H groups in total. The lowest BCUT2D eigenvalue weighted by atomic mass is 10.2. The fourth-order valence-corrected chi connectivity index (χ4v) is 1.12. The number of aromatic nitrogens is 1. The van der Waals surface area contributed by atoms with Gasteiger partial charge in [0.25, 0.3) is 0 Å². The summed E-state index contributed by atoms with van der Waals surface area (Å²) in [6, 6.07) is 1.76. The van der Waals surface area contributed by atoms with Gasteiger partial charge in [-0.05, 0) is 18.6 Å². The van der Waals surface area contributed by atoms with Crippen molar-refractivity contribution in [3.05, 3.63) is 24.0 Å². The first kappa shape index (κ1) is 12.8. The van der Waals surface area contributed by atoms with Crippen LogP contribution in [0.25, 0.3) is 0 Å². The second-order valence-corrected chi connectivity index (χ2v) is 3.29. The van der Waals surface area contributed by atoms with Crippen molar-refractivity contribution in [2.45, 2.75) is 13.1 Å². The third-order valence-corrected chi connectivity index (χ3v) is 1.85. The van der Waals surface area contributed by atoms with Crippen LogP contribution in [0, 0.1) is 6.92 Å². The second kappa shape index (κ2) is 5.69. The number of nitrogens with one attached hydrogen (secondary N) is 1. The highest BCUT2D eigenvalue weighted by molar-refractivity contribution is 5.48. The van der Waals surface area contributed by atoms with E-state index in [2.05, 4.69) is 15.0 Å². The smallest absolute Gasteiger partial charge is 0.382 e. The van der Waals surface area contributed by atoms with Gasteiger partial charge in [0.05, 0.1) is 6.61 Å². The van der Waals surface area contributed by atoms with E-state index in [9.17, 15) is 13.2 Å². The molecular formula is C10H13F3N2O. The Morgan fingerprint density at radius 2 is 2.19 bits per heavy atom. The number of ether oxygens (including phenoxy) is 1. The summed E-state index contributed by atoms with van der Waals surface area (Å²) in [5.74, 6) is 0. The molecule has 0 aliphatic heterocycles. The van der Waals surface area contributed by atoms with Crippen LogP contribution >= 0.6 is 0 Å². The van der Waals surface area contributed by atoms with E-state index in [1.807, 2.05) is 6.92 Å². The third-order valence-electron chi connectivity index (χ3n) is 1.85. The van der Waals surface area contributed by atoms with E-state index in [-0.39, 0.29) is 6.61 Å². The first-order valence-corrected chi connectivity index (χ1v) is 4.78. The molecule has 0 bridgehead atoms. The molecule has 0 aliphatic carbocycles. The minimum Gasteiger partial charge on any atom is -0.382 e. The lowest BCUT2D eigenvalue weighted by Gasteiger charge is -2.10. The Morgan fingerprint density at radius 1 is 1.44 bits per heavy atom. The highest BCUT2D eigenvalue weighted by Crippen LogP contribution is 2.14. The topological polar surface area (TPSA) is 34.2 Å². The number of hydrogen-bond donors (Lipinski definition) is 1. The molecule has 0 unspecified atom stereocenters. The predicted molar refractivity (Wildman–Crippen MR) is 54.3 cm³/mol. The molecule has 1 aromatic heterocycles. The molecule has 0 spiro atoms. The molecule has 0 amide bonds. The van der Waals surface area contributed by atoms with Gasteiger partial charge in [0.1, 0.15) is 6.61 Å². The van der Waals surface area contributed by atoms with E-state index in [4.69, 9.17) is 0 Å². The molecule has 0 aromatic carbocycles. The van der Waals surface area contributed by atoms with Crippen molar-refractivity contribution in [3.8, 4) is 0 Å². The van der Waals surface area contributed by atoms with Crippen molar-refractivity contribution >= 4 is 5.69 Å². The van der Waals surface area contributed by atoms with Crippen LogP contribution in [0.5, 0.6) is 0 Å². The first-order valence-electron chi connectivity index (χ1n) is 4.78. The maximum atomic E-state index is 11.7. The average Bonchev–Trinajstić information content (AvgIpc) is 2.18. The standard InChI is InChI=1S/C10H13F3N2O/c1-8-6-14-3-2-9(8)15-4-5-16-7-10(11,12)13/h2-3,6H,4-5,7H2,1H3,(H,14,15). The number of alkyl halides is 3. The highest BCUT2D eigenvalue weighted by atomic mass is 19.4. The van der Waals surface area contributed by atoms with Gasteiger partial charge in [-0.2, -0.15) is 13.2 Å². The zero-order chi connectivity index (χ0) is 12.0. The molecular weight excluding hydrogens is 221 g/mol. The van der Waals surface area contributed by atoms with Crippen molar-refractivity contribution in [1.82, 2.24) is 4.98 Å². The number of pyridine rings is 1. The van der Waals surface area contributed by atoms with Crippen LogP contribution in [-0.2, 0) is 4.74 Å². The van der Waals surface area contributed by atoms with E-state index in [0.717, 1.165) is 11.3 Å². The summed E-state index contributed by atoms with van der Waals surface area (Å²) in [4.78, 5) is 3.90. The first-order chi connectivity index (χ1) is 7.49. The molecule has 1 rings (SSSR count). The van der Waals surface area contributed by atoms with Crippen molar-refractivity contribution in [2.75, 3.05) is 25.1 Å². The van der Waals surface area contributed by atoms with Gasteiger partial charge in [-0.1, -0.05) is 0 Å². The molecule has 0 atom stereocenters. The van der Waals surface area contributed by atoms with Crippen LogP contribution < -0.4 is 5.32 Å². The van der Waals surface area contributed by atoms with Gasteiger partial charge in [-0.25, -0.2) is 0 Å². The molecule has 0 saturated carbocycles. The van der Waals surface area contributed by atoms with E-state index in [0.29, 0.717) is 6.54 Å². The fraction of sp³-hybridized carbons (Fsp3) is 0.500. The van der Waals surface area contributed by atoms with Gasteiger partial charge in [0.2, 0.25) is 0 Å². The van der Waals surface area contributed by atoms with Crippen molar-refractivity contribution in [1.29, 1.82) is 0 Å². The van der Waals surface area contributed by atoms with Gasteiger partial charge in [-0.3, -0.25) is 4.98 Å². The molecule has 0 aliphatic rings. The number of nitrogens with zero attached hydrogens (tertiary/aromatic N) is 1. The molecule has 6 heteroatoms. The number of anilines is 1. The lowest BCUT2D eigenvalue weighted by molar-refractivity contribution is -0.172. The van der Waals surface area contributed by atoms with Crippen LogP contribution in [0.4, 0.5) is 18.9 Å². The van der Waals surface area contributed by atoms with Crippen molar-refractivity contribution in [2.24, 2.45) is 0 Å². The van der Waals surface area contributed by atoms with E-state index < -0.39 is 12.8 Å². The monoisotopic (exact) mass is 234 g/mol. The minimum absolute atomic E-state index is 0.0152. The summed E-state index contributed by atoms with van der Waals surface area (Å²) < 4.78 is 39.6. The Hall–Kier alpha value is -1.30. The second-order valence-electron chi connectivity index (χ2n) is 3.29. The van der Waals surface area contributed by atoms with Gasteiger partial charge in [-0.15, -0.1) is 0 Å². The van der Waals surface area contributed by atoms with Gasteiger partial charge in [0.15, 0.2) is 0 Å². The quantitative estimate of drug-likeness (QED) is 0.794. The maximum absolute atomic E-state index is 11.7. The van der Waals surface area contributed by atoms with Crippen LogP contribution in [0.1, 0.15) is 5.56 Å². The molecule has 90 valence electrons. The zero-order valence-corrected chi connectivity index (χ0v) is 8.84. The van der Waals surface area contributed by atoms with Gasteiger partial charge in [0, 0.05) is 24.6 Å². The predicted octanol–water partition coefficient (Wildman–Crippen LogP) is 2.38. The molecule has 16 heavy (non-hydrogen) atoms. The van der Waals surface area contributed by atoms with Crippen LogP contribution in [0.15, 0.2) is 18.5 Å². The molecule has 1 aromatic rings. The van der Waals surface area contributed by atoms with Crippen LogP contribution in [0.3, 0.4) is 0 Å². The summed E-state index contributed by atoms with van der Waals surface area (Å²) in [5, 5.41) is 2.97. The van der Waals surface area contributed by atoms with Gasteiger partial charge >= 0.3 is 6.18 Å². The SMILES string of the molecule is Cc1cnccc1NCCOCC(F)(F)F. The zero-order valence-electron chi connectivity index (χ0n) is 8.84. The molecule has 0 fully saturated rings. The lowest BCUT2D eigenvalue weighted by Crippen LogP contribution is -2.20. The summed E-state index contributed by atoms with van der Waals surface area (Å²) in [5.41, 5.74) is 1.80. The Balaban J connectivity index is 2.19. The summed E-state index contributed by atoms with van der Waals surface area (Å²) in [6.07, 6.45) is -0.961. The summed E-state index contributed by atoms with van der Waals surface area (Å²) >= 11 is 0. The van der Waals surface area contributed by atoms with E-state index >= 15 is 0 Å². The Labute approximate surface area is 91.6 Å². The summed E-state index contributed by atoms with van der Waals surface area (Å²) in [6.45, 7) is 1.01. The number of hydrogen-bond acceptors (Lipinski definition) is 3. The Morgan fingerprint density at radius 3 is 2.81 bits per heavy atom. The normalized spacial score (nSPS) is 11.5. The number of rotatable bonds is 5. The Kier molecular flexibility index (Phi) is 4.54. The molecule has 0 radical (unpaired) electrons. The number of aryl methyl sites for hydroxylation is 1. The molecule has 0 saturated heterocycles. The van der Waals surface area contributed by atoms with Gasteiger partial charge < -0.3 is 10.1 Å². The largest absolute Gasteiger partial charge is 0.411 e. The average molecular weight is 234 g/mol. The van der Waals surface area contributed by atoms with Crippen molar-refractivity contribution in [3.63, 3.8) is 0 Å². The molecule has 3 nitrogen and oxygen atoms in total.